The summed E-state index contributed by atoms with van der Waals surface area (Å²) in [6.45, 7) is 21.2. The van der Waals surface area contributed by atoms with E-state index in [0.717, 1.165) is 182 Å². The van der Waals surface area contributed by atoms with Crippen LogP contribution in [0.15, 0.2) is 141 Å². The van der Waals surface area contributed by atoms with Gasteiger partial charge >= 0.3 is 0 Å². The van der Waals surface area contributed by atoms with Crippen molar-refractivity contribution in [2.24, 2.45) is 0 Å². The molecule has 0 aliphatic carbocycles. The summed E-state index contributed by atoms with van der Waals surface area (Å²) < 4.78 is 75.9. The first kappa shape index (κ1) is 88.3. The van der Waals surface area contributed by atoms with Crippen LogP contribution < -0.4 is 72.1 Å². The van der Waals surface area contributed by atoms with Gasteiger partial charge in [0.15, 0.2) is 0 Å². The molecule has 0 amide bonds. The van der Waals surface area contributed by atoms with Crippen LogP contribution in [0.2, 0.25) is 0 Å². The van der Waals surface area contributed by atoms with Crippen LogP contribution >= 0.6 is 0 Å². The molecule has 658 valence electrons. The number of sulfonamides is 1. The Bertz CT molecular complexity index is 5290. The summed E-state index contributed by atoms with van der Waals surface area (Å²) in [6.07, 6.45) is 20.9. The van der Waals surface area contributed by atoms with Crippen molar-refractivity contribution in [1.29, 1.82) is 0 Å². The normalized spacial score (nSPS) is 16.6. The van der Waals surface area contributed by atoms with Crippen molar-refractivity contribution in [2.45, 2.75) is 25.4 Å². The van der Waals surface area contributed by atoms with Crippen LogP contribution in [0.4, 0.5) is 64.9 Å². The Hall–Kier alpha value is -13.0. The molecule has 7 saturated heterocycles. The maximum absolute atomic E-state index is 11.5. The molecule has 11 aromatic rings. The lowest BCUT2D eigenvalue weighted by Gasteiger charge is -2.30. The Morgan fingerprint density at radius 3 is 1.24 bits per heavy atom. The van der Waals surface area contributed by atoms with E-state index in [9.17, 15) is 8.42 Å². The van der Waals surface area contributed by atoms with E-state index in [-0.39, 0.29) is 23.8 Å². The highest BCUT2D eigenvalue weighted by atomic mass is 32.2. The number of nitrogens with two attached hydrogens (primary N) is 5. The molecule has 0 unspecified atom stereocenters. The SMILES string of the molecule is CN1CCC(Oc2cc(-c3cnc(N)nc3)nc(N3CCOCC3)n2)CC1.CS(=O)(=O)Nc1cc(-c2ccc(N)nc2)nc(N2CCOCC2)n1.Nc1ccc(-c2cc(Oc3cccnc3)nc(N3CCOCC3)n2)cn1.Nc1ccc(-c2ccnc(N3CCOCC3)n2)cn1.Nc1ncc(-c2cc(OCCCN3CCOCC3)nc(N3CCOCC3)n2)cn1. The molecule has 0 radical (unpaired) electrons. The molecule has 7 aliphatic heterocycles. The highest BCUT2D eigenvalue weighted by molar-refractivity contribution is 7.92. The van der Waals surface area contributed by atoms with E-state index in [0.29, 0.717) is 154 Å². The average molecular weight is 1730 g/mol. The Kier molecular flexibility index (Phi) is 31.3. The minimum atomic E-state index is -3.45. The van der Waals surface area contributed by atoms with Gasteiger partial charge < -0.3 is 101 Å². The third-order valence-electron chi connectivity index (χ3n) is 20.2. The van der Waals surface area contributed by atoms with Crippen LogP contribution in [0.25, 0.3) is 56.3 Å². The maximum atomic E-state index is 11.5. The smallest absolute Gasteiger partial charge is 0.230 e. The summed E-state index contributed by atoms with van der Waals surface area (Å²) in [5.41, 5.74) is 35.7. The van der Waals surface area contributed by atoms with Gasteiger partial charge in [-0.2, -0.15) is 19.9 Å². The van der Waals surface area contributed by atoms with Gasteiger partial charge in [-0.3, -0.25) is 14.6 Å². The van der Waals surface area contributed by atoms with Gasteiger partial charge in [0.25, 0.3) is 0 Å². The average Bonchev–Trinajstić information content (AvgIpc) is 0.846. The fraction of sp³-hybridized carbons (Fsp3) is 0.415. The van der Waals surface area contributed by atoms with E-state index in [1.54, 1.807) is 98.4 Å². The van der Waals surface area contributed by atoms with Crippen LogP contribution in [-0.4, -0.2) is 311 Å². The molecule has 0 saturated carbocycles. The van der Waals surface area contributed by atoms with Crippen molar-refractivity contribution in [3.8, 4) is 79.7 Å². The molecule has 7 aliphatic rings. The van der Waals surface area contributed by atoms with E-state index < -0.39 is 10.0 Å². The van der Waals surface area contributed by atoms with Gasteiger partial charge in [0.2, 0.25) is 69.3 Å². The van der Waals surface area contributed by atoms with E-state index >= 15 is 0 Å². The molecule has 43 heteroatoms. The molecule has 18 heterocycles. The fourth-order valence-electron chi connectivity index (χ4n) is 13.4. The minimum absolute atomic E-state index is 0.171. The Morgan fingerprint density at radius 2 is 0.792 bits per heavy atom. The van der Waals surface area contributed by atoms with Crippen LogP contribution in [-0.2, 0) is 38.4 Å². The highest BCUT2D eigenvalue weighted by Crippen LogP contribution is 2.32. The monoisotopic (exact) mass is 1730 g/mol. The first-order valence-corrected chi connectivity index (χ1v) is 43.0. The van der Waals surface area contributed by atoms with Crippen molar-refractivity contribution in [3.63, 3.8) is 0 Å². The van der Waals surface area contributed by atoms with Crippen LogP contribution in [0.3, 0.4) is 0 Å². The number of hydrogen-bond acceptors (Lipinski definition) is 41. The topological polar surface area (TPSA) is 514 Å². The number of morpholine rings is 6. The summed E-state index contributed by atoms with van der Waals surface area (Å²) in [4.78, 5) is 93.4. The van der Waals surface area contributed by atoms with E-state index in [2.05, 4.69) is 121 Å². The predicted molar refractivity (Wildman–Crippen MR) is 470 cm³/mol. The first-order valence-electron chi connectivity index (χ1n) is 41.1. The lowest BCUT2D eigenvalue weighted by Crippen LogP contribution is -2.38. The molecule has 0 aromatic carbocycles. The Balaban J connectivity index is 0.000000128. The van der Waals surface area contributed by atoms with E-state index in [1.807, 2.05) is 47.4 Å². The number of piperidine rings is 1. The summed E-state index contributed by atoms with van der Waals surface area (Å²) >= 11 is 0. The minimum Gasteiger partial charge on any atom is -0.477 e. The number of nitrogens with zero attached hydrogens (tertiary/aromatic N) is 25. The molecule has 11 aromatic heterocycles. The lowest BCUT2D eigenvalue weighted by molar-refractivity contribution is 0.0357. The lowest BCUT2D eigenvalue weighted by atomic mass is 10.1. The maximum Gasteiger partial charge on any atom is 0.230 e. The molecular weight excluding hydrogens is 1630 g/mol. The molecule has 7 fully saturated rings. The largest absolute Gasteiger partial charge is 0.477 e. The van der Waals surface area contributed by atoms with Gasteiger partial charge in [0, 0.05) is 206 Å². The van der Waals surface area contributed by atoms with Crippen LogP contribution in [0.5, 0.6) is 23.4 Å². The highest BCUT2D eigenvalue weighted by Gasteiger charge is 2.26. The van der Waals surface area contributed by atoms with Gasteiger partial charge in [-0.25, -0.2) is 73.2 Å². The molecule has 18 rings (SSSR count). The summed E-state index contributed by atoms with van der Waals surface area (Å²) in [7, 11) is -1.31. The number of nitrogen functional groups attached to an aromatic ring is 5. The third-order valence-corrected chi connectivity index (χ3v) is 20.7. The Labute approximate surface area is 723 Å². The summed E-state index contributed by atoms with van der Waals surface area (Å²) in [6, 6.07) is 23.3. The standard InChI is InChI=1S/C19H27N7O3.C18H25N7O2.C18H18N6O2.C14H18N6O3S.C13H15N5O/c20-18-21-13-15(14-22-18)16-12-17(24-19(23-16)26-5-10-28-11-6-26)29-7-1-2-25-3-8-27-9-4-25;1-24-4-2-14(3-5-24)27-16-10-15(13-11-20-17(19)21-12-13)22-18(23-16)25-6-8-26-9-7-25;19-16-4-3-13(11-21-16)15-10-17(26-14-2-1-5-20-12-14)23-18(22-15)24-6-8-25-9-7-24;1-24(21,22)19-13-8-11(10-2-3-12(15)16-9-10)17-14(18-13)20-4-6-23-7-5-20;14-12-2-1-10(9-16-12)11-3-4-15-13(17-11)18-5-7-19-8-6-18/h12-14H,1-11H2,(H2,20,21,22);10-12,14H,2-9H2,1H3,(H2,19,20,21);1-5,10-12H,6-9H2,(H2,19,21);2-3,8-9H,4-7H2,1H3,(H2,15,16)(H,17,18,19);1-4,9H,5-8H2,(H2,14,16). The number of pyridine rings is 4. The van der Waals surface area contributed by atoms with Crippen molar-refractivity contribution < 1.29 is 51.0 Å². The summed E-state index contributed by atoms with van der Waals surface area (Å²) in [5, 5.41) is 0. The number of nitrogens with one attached hydrogen (secondary N) is 1. The van der Waals surface area contributed by atoms with E-state index in [1.165, 1.54) is 0 Å². The molecule has 42 nitrogen and oxygen atoms in total. The number of ether oxygens (including phenoxy) is 9. The van der Waals surface area contributed by atoms with Gasteiger partial charge in [0.05, 0.1) is 127 Å². The zero-order valence-corrected chi connectivity index (χ0v) is 70.6. The molecule has 0 atom stereocenters. The number of hydrogen-bond donors (Lipinski definition) is 6. The van der Waals surface area contributed by atoms with E-state index in [4.69, 9.17) is 81.3 Å². The molecular formula is C82H103N31O11S. The molecule has 11 N–H and O–H groups in total. The zero-order chi connectivity index (χ0) is 86.5. The second-order valence-electron chi connectivity index (χ2n) is 29.4. The zero-order valence-electron chi connectivity index (χ0n) is 69.7. The van der Waals surface area contributed by atoms with Crippen molar-refractivity contribution in [3.05, 3.63) is 141 Å². The fourth-order valence-corrected chi connectivity index (χ4v) is 13.9. The van der Waals surface area contributed by atoms with Gasteiger partial charge in [0.1, 0.15) is 35.1 Å². The molecule has 0 bridgehead atoms. The second kappa shape index (κ2) is 44.4. The van der Waals surface area contributed by atoms with Gasteiger partial charge in [-0.1, -0.05) is 0 Å². The predicted octanol–water partition coefficient (Wildman–Crippen LogP) is 4.71. The van der Waals surface area contributed by atoms with Gasteiger partial charge in [-0.05, 0) is 80.9 Å². The van der Waals surface area contributed by atoms with Crippen molar-refractivity contribution in [2.75, 3.05) is 255 Å². The number of likely N-dealkylation sites (tertiary alicyclic amines) is 1. The molecule has 0 spiro atoms. The Morgan fingerprint density at radius 1 is 0.400 bits per heavy atom. The summed E-state index contributed by atoms with van der Waals surface area (Å²) in [5.74, 6) is 7.30. The number of rotatable bonds is 21. The molecule has 125 heavy (non-hydrogen) atoms. The number of anilines is 11. The van der Waals surface area contributed by atoms with Gasteiger partial charge in [-0.15, -0.1) is 0 Å². The quantitative estimate of drug-likeness (QED) is 0.0530. The second-order valence-corrected chi connectivity index (χ2v) is 31.1. The number of aromatic nitrogens is 18. The van der Waals surface area contributed by atoms with Crippen molar-refractivity contribution in [1.82, 2.24) is 99.5 Å². The van der Waals surface area contributed by atoms with Crippen LogP contribution in [0.1, 0.15) is 19.3 Å². The van der Waals surface area contributed by atoms with Crippen LogP contribution in [0, 0.1) is 0 Å². The van der Waals surface area contributed by atoms with Crippen molar-refractivity contribution >= 4 is 74.9 Å². The third kappa shape index (κ3) is 27.0. The first-order chi connectivity index (χ1) is 61.0.